The van der Waals surface area contributed by atoms with Crippen molar-refractivity contribution < 1.29 is 86.8 Å². The Labute approximate surface area is 361 Å². The van der Waals surface area contributed by atoms with Crippen LogP contribution in [0.25, 0.3) is 11.1 Å². The first-order chi connectivity index (χ1) is 29.9. The zero-order valence-electron chi connectivity index (χ0n) is 34.5. The Hall–Kier alpha value is -5.96. The van der Waals surface area contributed by atoms with Gasteiger partial charge in [-0.05, 0) is 121 Å². The van der Waals surface area contributed by atoms with Gasteiger partial charge in [0, 0.05) is 17.7 Å². The van der Waals surface area contributed by atoms with Gasteiger partial charge in [-0.3, -0.25) is 24.1 Å². The van der Waals surface area contributed by atoms with E-state index >= 15 is 0 Å². The maximum absolute atomic E-state index is 14.8. The fourth-order valence-electron chi connectivity index (χ4n) is 8.19. The topological polar surface area (TPSA) is 124 Å². The smallest absolute Gasteiger partial charge is 0.430 e. The third kappa shape index (κ3) is 7.58. The molecule has 65 heavy (non-hydrogen) atoms. The molecule has 2 heterocycles. The molecule has 2 aliphatic rings. The van der Waals surface area contributed by atoms with Crippen LogP contribution >= 0.6 is 0 Å². The number of alkyl halides is 12. The second kappa shape index (κ2) is 16.2. The molecule has 0 aromatic heterocycles. The number of carbonyl (C=O) groups is 4. The molecule has 0 radical (unpaired) electrons. The molecule has 0 spiro atoms. The van der Waals surface area contributed by atoms with Gasteiger partial charge in [0.2, 0.25) is 0 Å². The highest BCUT2D eigenvalue weighted by Crippen LogP contribution is 2.56. The number of anilines is 1. The van der Waals surface area contributed by atoms with E-state index in [0.29, 0.717) is 12.5 Å². The molecule has 0 aliphatic carbocycles. The first-order valence-corrected chi connectivity index (χ1v) is 19.6. The van der Waals surface area contributed by atoms with Crippen LogP contribution in [0.4, 0.5) is 58.4 Å². The summed E-state index contributed by atoms with van der Waals surface area (Å²) in [6, 6.07) is 8.03. The van der Waals surface area contributed by atoms with Crippen molar-refractivity contribution in [1.29, 1.82) is 0 Å². The van der Waals surface area contributed by atoms with Gasteiger partial charge < -0.3 is 14.9 Å². The molecule has 21 heteroatoms. The maximum atomic E-state index is 14.8. The van der Waals surface area contributed by atoms with Crippen molar-refractivity contribution in [3.63, 3.8) is 0 Å². The summed E-state index contributed by atoms with van der Waals surface area (Å²) in [6.45, 7) is 6.73. The minimum atomic E-state index is -6.71. The molecular weight excluding hydrogens is 896 g/mol. The molecule has 4 aromatic carbocycles. The van der Waals surface area contributed by atoms with Crippen molar-refractivity contribution in [2.24, 2.45) is 0 Å². The van der Waals surface area contributed by atoms with Gasteiger partial charge >= 0.3 is 24.7 Å². The van der Waals surface area contributed by atoms with Crippen LogP contribution in [0.3, 0.4) is 0 Å². The Morgan fingerprint density at radius 3 is 1.38 bits per heavy atom. The first-order valence-electron chi connectivity index (χ1n) is 19.6. The van der Waals surface area contributed by atoms with Crippen molar-refractivity contribution in [3.8, 4) is 22.6 Å². The lowest BCUT2D eigenvalue weighted by Gasteiger charge is -2.37. The van der Waals surface area contributed by atoms with Crippen LogP contribution in [0.2, 0.25) is 0 Å². The van der Waals surface area contributed by atoms with E-state index in [1.807, 2.05) is 0 Å². The van der Waals surface area contributed by atoms with Crippen LogP contribution in [0.1, 0.15) is 115 Å². The lowest BCUT2D eigenvalue weighted by Crippen LogP contribution is -2.55. The van der Waals surface area contributed by atoms with Crippen LogP contribution in [0, 0.1) is 13.8 Å². The van der Waals surface area contributed by atoms with E-state index in [1.165, 1.54) is 32.0 Å². The van der Waals surface area contributed by atoms with Gasteiger partial charge in [0.1, 0.15) is 11.5 Å². The predicted molar refractivity (Wildman–Crippen MR) is 206 cm³/mol. The number of nitrogens with zero attached hydrogens (tertiary/aromatic N) is 2. The average Bonchev–Trinajstić information content (AvgIpc) is 3.58. The van der Waals surface area contributed by atoms with E-state index < -0.39 is 116 Å². The fourth-order valence-corrected chi connectivity index (χ4v) is 8.19. The van der Waals surface area contributed by atoms with Gasteiger partial charge in [-0.15, -0.1) is 0 Å². The summed E-state index contributed by atoms with van der Waals surface area (Å²) in [7, 11) is 0. The summed E-state index contributed by atoms with van der Waals surface area (Å²) >= 11 is 0. The Morgan fingerprint density at radius 1 is 0.523 bits per heavy atom. The van der Waals surface area contributed by atoms with Gasteiger partial charge in [-0.2, -0.15) is 52.7 Å². The van der Waals surface area contributed by atoms with E-state index in [2.05, 4.69) is 0 Å². The number of hydrogen-bond acceptors (Lipinski definition) is 7. The van der Waals surface area contributed by atoms with Crippen molar-refractivity contribution >= 4 is 29.3 Å². The van der Waals surface area contributed by atoms with Gasteiger partial charge in [0.05, 0.1) is 27.9 Å². The number of rotatable bonds is 11. The highest BCUT2D eigenvalue weighted by atomic mass is 19.4. The molecular formula is C44H36F12N2O7. The zero-order chi connectivity index (χ0) is 48.7. The summed E-state index contributed by atoms with van der Waals surface area (Å²) in [6.07, 6.45) is -26.1. The van der Waals surface area contributed by atoms with Crippen molar-refractivity contribution in [1.82, 2.24) is 4.90 Å². The van der Waals surface area contributed by atoms with Crippen LogP contribution < -0.4 is 9.64 Å². The van der Waals surface area contributed by atoms with Crippen molar-refractivity contribution in [2.75, 3.05) is 11.4 Å². The number of amides is 4. The molecule has 0 atom stereocenters. The Kier molecular flexibility index (Phi) is 12.1. The Balaban J connectivity index is 1.54. The Bertz CT molecular complexity index is 2600. The quantitative estimate of drug-likeness (QED) is 0.113. The summed E-state index contributed by atoms with van der Waals surface area (Å²) in [4.78, 5) is 54.3. The first kappa shape index (κ1) is 48.5. The molecule has 9 nitrogen and oxygen atoms in total. The standard InChI is InChI=1S/C44H36F12N2O7/c1-6-13-57-35(59)25-11-9-23(16-30(25)36(57)60)65-24-10-12-26-31(17-24)38(62)58(37(26)61)34-15-21(5)28(19-33(34)40(64,43(51,52)53)44(54,55)56)27-18-32(29(14-20(27)4)22(7-2)8-3)39(63,41(45,46)47)42(48,49)50/h9-12,14-19,22,63-64H,6-8,13H2,1-5H3. The second-order valence-corrected chi connectivity index (χ2v) is 15.6. The molecule has 0 unspecified atom stereocenters. The second-order valence-electron chi connectivity index (χ2n) is 15.6. The molecule has 0 fully saturated rings. The number of halogens is 12. The number of hydrogen-bond donors (Lipinski definition) is 2. The molecule has 4 aromatic rings. The lowest BCUT2D eigenvalue weighted by molar-refractivity contribution is -0.376. The third-order valence-corrected chi connectivity index (χ3v) is 11.6. The molecule has 0 saturated heterocycles. The summed E-state index contributed by atoms with van der Waals surface area (Å²) < 4.78 is 181. The molecule has 348 valence electrons. The number of fused-ring (bicyclic) bond motifs is 2. The number of imide groups is 2. The number of aliphatic hydroxyl groups is 2. The van der Waals surface area contributed by atoms with Gasteiger partial charge in [-0.1, -0.05) is 26.8 Å². The predicted octanol–water partition coefficient (Wildman–Crippen LogP) is 11.1. The van der Waals surface area contributed by atoms with E-state index in [0.717, 1.165) is 43.0 Å². The normalized spacial score (nSPS) is 15.1. The highest BCUT2D eigenvalue weighted by molar-refractivity contribution is 6.35. The number of benzene rings is 4. The highest BCUT2D eigenvalue weighted by Gasteiger charge is 2.73. The minimum Gasteiger partial charge on any atom is -0.457 e. The van der Waals surface area contributed by atoms with E-state index in [-0.39, 0.29) is 64.6 Å². The summed E-state index contributed by atoms with van der Waals surface area (Å²) in [5.74, 6) is -5.64. The molecule has 0 bridgehead atoms. The molecule has 0 saturated carbocycles. The molecule has 6 rings (SSSR count). The van der Waals surface area contributed by atoms with Crippen molar-refractivity contribution in [2.45, 2.75) is 95.7 Å². The zero-order valence-corrected chi connectivity index (χ0v) is 34.5. The summed E-state index contributed by atoms with van der Waals surface area (Å²) in [5, 5.41) is 21.5. The van der Waals surface area contributed by atoms with E-state index in [1.54, 1.807) is 6.92 Å². The number of ether oxygens (including phenoxy) is 1. The monoisotopic (exact) mass is 932 g/mol. The van der Waals surface area contributed by atoms with Gasteiger partial charge in [0.15, 0.2) is 0 Å². The lowest BCUT2D eigenvalue weighted by atomic mass is 9.78. The minimum absolute atomic E-state index is 0.0300. The van der Waals surface area contributed by atoms with Crippen LogP contribution in [0.15, 0.2) is 60.7 Å². The number of carbonyl (C=O) groups excluding carboxylic acids is 4. The molecule has 4 amide bonds. The SMILES string of the molecule is CCCN1C(=O)c2ccc(Oc3ccc4c(c3)C(=O)N(c3cc(C)c(-c5cc(C(O)(C(F)(F)F)C(F)(F)F)c(C(CC)CC)cc5C)cc3C(O)(C(F)(F)F)C(F)(F)F)C4=O)cc2C1=O. The van der Waals surface area contributed by atoms with Crippen LogP contribution in [-0.4, -0.2) is 70.0 Å². The largest absolute Gasteiger partial charge is 0.457 e. The van der Waals surface area contributed by atoms with Crippen LogP contribution in [0.5, 0.6) is 11.5 Å². The Morgan fingerprint density at radius 2 is 0.923 bits per heavy atom. The van der Waals surface area contributed by atoms with E-state index in [9.17, 15) is 82.1 Å². The van der Waals surface area contributed by atoms with Gasteiger partial charge in [-0.25, -0.2) is 4.90 Å². The third-order valence-electron chi connectivity index (χ3n) is 11.6. The molecule has 2 N–H and O–H groups in total. The van der Waals surface area contributed by atoms with Gasteiger partial charge in [0.25, 0.3) is 34.8 Å². The van der Waals surface area contributed by atoms with E-state index in [4.69, 9.17) is 4.74 Å². The summed E-state index contributed by atoms with van der Waals surface area (Å²) in [5.41, 5.74) is -21.5. The van der Waals surface area contributed by atoms with Crippen molar-refractivity contribution in [3.05, 3.63) is 111 Å². The van der Waals surface area contributed by atoms with Crippen LogP contribution in [-0.2, 0) is 11.2 Å². The fraction of sp³-hybridized carbons (Fsp3) is 0.364. The maximum Gasteiger partial charge on any atom is 0.430 e. The average molecular weight is 933 g/mol. The number of aryl methyl sites for hydroxylation is 2. The molecule has 2 aliphatic heterocycles.